The first-order chi connectivity index (χ1) is 8.59. The molecule has 0 bridgehead atoms. The molecule has 4 heteroatoms. The topological polar surface area (TPSA) is 26.0 Å². The summed E-state index contributed by atoms with van der Waals surface area (Å²) in [6, 6.07) is 15.1. The Morgan fingerprint density at radius 1 is 0.889 bits per heavy atom. The standard InChI is InChI=1S/C14H12Cl3N/c15-12-4-2-1-3-11(12)13(14(16)17)9-5-7-10(18)8-6-9/h1-8,13-14H,18H2. The highest BCUT2D eigenvalue weighted by molar-refractivity contribution is 6.45. The van der Waals surface area contributed by atoms with Crippen molar-refractivity contribution in [2.45, 2.75) is 10.8 Å². The smallest absolute Gasteiger partial charge is 0.118 e. The molecule has 2 aromatic carbocycles. The monoisotopic (exact) mass is 299 g/mol. The van der Waals surface area contributed by atoms with Gasteiger partial charge in [-0.15, -0.1) is 23.2 Å². The van der Waals surface area contributed by atoms with E-state index in [9.17, 15) is 0 Å². The van der Waals surface area contributed by atoms with Crippen LogP contribution in [0.15, 0.2) is 48.5 Å². The second-order valence-corrected chi connectivity index (χ2v) is 5.57. The van der Waals surface area contributed by atoms with Crippen molar-refractivity contribution in [3.05, 3.63) is 64.7 Å². The molecule has 94 valence electrons. The molecule has 0 fully saturated rings. The highest BCUT2D eigenvalue weighted by Gasteiger charge is 2.23. The quantitative estimate of drug-likeness (QED) is 0.636. The molecule has 2 aromatic rings. The van der Waals surface area contributed by atoms with Crippen molar-refractivity contribution < 1.29 is 0 Å². The van der Waals surface area contributed by atoms with Crippen molar-refractivity contribution in [2.75, 3.05) is 5.73 Å². The zero-order chi connectivity index (χ0) is 13.1. The van der Waals surface area contributed by atoms with E-state index in [1.807, 2.05) is 48.5 Å². The predicted molar refractivity (Wildman–Crippen MR) is 79.6 cm³/mol. The van der Waals surface area contributed by atoms with Gasteiger partial charge in [0.25, 0.3) is 0 Å². The molecule has 1 nitrogen and oxygen atoms in total. The lowest BCUT2D eigenvalue weighted by Crippen LogP contribution is -2.09. The van der Waals surface area contributed by atoms with Gasteiger partial charge < -0.3 is 5.73 Å². The van der Waals surface area contributed by atoms with Crippen LogP contribution in [0.1, 0.15) is 17.0 Å². The third-order valence-electron chi connectivity index (χ3n) is 2.79. The molecular weight excluding hydrogens is 289 g/mol. The van der Waals surface area contributed by atoms with Crippen molar-refractivity contribution in [1.29, 1.82) is 0 Å². The van der Waals surface area contributed by atoms with Crippen LogP contribution in [0.2, 0.25) is 5.02 Å². The number of halogens is 3. The molecule has 0 radical (unpaired) electrons. The Hall–Kier alpha value is -0.890. The molecule has 0 amide bonds. The molecular formula is C14H12Cl3N. The molecule has 0 saturated heterocycles. The predicted octanol–water partition coefficient (Wildman–Crippen LogP) is 4.86. The summed E-state index contributed by atoms with van der Waals surface area (Å²) in [5.74, 6) is -0.164. The zero-order valence-electron chi connectivity index (χ0n) is 9.48. The van der Waals surface area contributed by atoms with Crippen LogP contribution < -0.4 is 5.73 Å². The van der Waals surface area contributed by atoms with Crippen LogP contribution in [0.3, 0.4) is 0 Å². The van der Waals surface area contributed by atoms with Gasteiger partial charge in [0.15, 0.2) is 0 Å². The molecule has 2 N–H and O–H groups in total. The normalized spacial score (nSPS) is 12.7. The van der Waals surface area contributed by atoms with Gasteiger partial charge in [0, 0.05) is 16.6 Å². The fraction of sp³-hybridized carbons (Fsp3) is 0.143. The first-order valence-corrected chi connectivity index (χ1v) is 6.72. The lowest BCUT2D eigenvalue weighted by molar-refractivity contribution is 0.887. The Morgan fingerprint density at radius 3 is 2.06 bits per heavy atom. The van der Waals surface area contributed by atoms with Crippen LogP contribution in [-0.4, -0.2) is 4.84 Å². The summed E-state index contributed by atoms with van der Waals surface area (Å²) in [5, 5.41) is 0.658. The van der Waals surface area contributed by atoms with E-state index in [0.29, 0.717) is 10.7 Å². The maximum atomic E-state index is 6.20. The summed E-state index contributed by atoms with van der Waals surface area (Å²) in [6.07, 6.45) is 0. The second kappa shape index (κ2) is 5.83. The summed E-state index contributed by atoms with van der Waals surface area (Å²) in [7, 11) is 0. The van der Waals surface area contributed by atoms with Crippen molar-refractivity contribution in [3.8, 4) is 0 Å². The summed E-state index contributed by atoms with van der Waals surface area (Å²) in [5.41, 5.74) is 8.29. The van der Waals surface area contributed by atoms with Crippen molar-refractivity contribution >= 4 is 40.5 Å². The Morgan fingerprint density at radius 2 is 1.50 bits per heavy atom. The molecule has 0 aliphatic rings. The second-order valence-electron chi connectivity index (χ2n) is 4.00. The van der Waals surface area contributed by atoms with Gasteiger partial charge in [-0.2, -0.15) is 0 Å². The molecule has 1 atom stereocenters. The molecule has 0 aliphatic carbocycles. The Kier molecular flexibility index (Phi) is 4.39. The maximum Gasteiger partial charge on any atom is 0.118 e. The molecule has 18 heavy (non-hydrogen) atoms. The van der Waals surface area contributed by atoms with Crippen molar-refractivity contribution in [2.24, 2.45) is 0 Å². The van der Waals surface area contributed by atoms with E-state index < -0.39 is 4.84 Å². The molecule has 0 aliphatic heterocycles. The SMILES string of the molecule is Nc1ccc(C(c2ccccc2Cl)C(Cl)Cl)cc1. The lowest BCUT2D eigenvalue weighted by Gasteiger charge is -2.20. The van der Waals surface area contributed by atoms with Crippen LogP contribution >= 0.6 is 34.8 Å². The number of nitrogen functional groups attached to an aromatic ring is 1. The van der Waals surface area contributed by atoms with E-state index in [-0.39, 0.29) is 5.92 Å². The Balaban J connectivity index is 2.47. The minimum Gasteiger partial charge on any atom is -0.399 e. The van der Waals surface area contributed by atoms with Gasteiger partial charge in [-0.3, -0.25) is 0 Å². The van der Waals surface area contributed by atoms with Crippen molar-refractivity contribution in [1.82, 2.24) is 0 Å². The van der Waals surface area contributed by atoms with E-state index in [4.69, 9.17) is 40.5 Å². The van der Waals surface area contributed by atoms with Crippen LogP contribution in [0.4, 0.5) is 5.69 Å². The number of alkyl halides is 2. The van der Waals surface area contributed by atoms with E-state index in [2.05, 4.69) is 0 Å². The maximum absolute atomic E-state index is 6.20. The van der Waals surface area contributed by atoms with Gasteiger partial charge in [0.2, 0.25) is 0 Å². The van der Waals surface area contributed by atoms with Gasteiger partial charge in [-0.25, -0.2) is 0 Å². The fourth-order valence-corrected chi connectivity index (χ4v) is 2.71. The number of anilines is 1. The molecule has 2 rings (SSSR count). The van der Waals surface area contributed by atoms with Gasteiger partial charge in [-0.05, 0) is 29.3 Å². The van der Waals surface area contributed by atoms with Crippen molar-refractivity contribution in [3.63, 3.8) is 0 Å². The van der Waals surface area contributed by atoms with E-state index >= 15 is 0 Å². The fourth-order valence-electron chi connectivity index (χ4n) is 1.89. The first kappa shape index (κ1) is 13.5. The van der Waals surface area contributed by atoms with Crippen LogP contribution in [0.5, 0.6) is 0 Å². The third kappa shape index (κ3) is 2.92. The van der Waals surface area contributed by atoms with Gasteiger partial charge in [0.1, 0.15) is 4.84 Å². The summed E-state index contributed by atoms with van der Waals surface area (Å²) in [6.45, 7) is 0. The Labute approximate surface area is 121 Å². The zero-order valence-corrected chi connectivity index (χ0v) is 11.8. The van der Waals surface area contributed by atoms with Gasteiger partial charge in [-0.1, -0.05) is 41.9 Å². The largest absolute Gasteiger partial charge is 0.399 e. The van der Waals surface area contributed by atoms with Gasteiger partial charge >= 0.3 is 0 Å². The minimum absolute atomic E-state index is 0.164. The molecule has 0 heterocycles. The minimum atomic E-state index is -0.575. The van der Waals surface area contributed by atoms with E-state index in [0.717, 1.165) is 11.1 Å². The number of hydrogen-bond acceptors (Lipinski definition) is 1. The average molecular weight is 301 g/mol. The highest BCUT2D eigenvalue weighted by atomic mass is 35.5. The summed E-state index contributed by atoms with van der Waals surface area (Å²) < 4.78 is 0. The van der Waals surface area contributed by atoms with E-state index in [1.54, 1.807) is 0 Å². The first-order valence-electron chi connectivity index (χ1n) is 5.47. The summed E-state index contributed by atoms with van der Waals surface area (Å²) >= 11 is 18.4. The average Bonchev–Trinajstić information content (AvgIpc) is 2.34. The molecule has 0 saturated carbocycles. The number of benzene rings is 2. The number of nitrogens with two attached hydrogens (primary N) is 1. The third-order valence-corrected chi connectivity index (χ3v) is 3.64. The lowest BCUT2D eigenvalue weighted by atomic mass is 9.92. The van der Waals surface area contributed by atoms with E-state index in [1.165, 1.54) is 0 Å². The molecule has 0 aromatic heterocycles. The van der Waals surface area contributed by atoms with Crippen LogP contribution in [0, 0.1) is 0 Å². The van der Waals surface area contributed by atoms with Crippen LogP contribution in [-0.2, 0) is 0 Å². The molecule has 0 spiro atoms. The number of hydrogen-bond donors (Lipinski definition) is 1. The Bertz CT molecular complexity index is 523. The van der Waals surface area contributed by atoms with Gasteiger partial charge in [0.05, 0.1) is 0 Å². The van der Waals surface area contributed by atoms with Crippen LogP contribution in [0.25, 0.3) is 0 Å². The molecule has 1 unspecified atom stereocenters. The highest BCUT2D eigenvalue weighted by Crippen LogP contribution is 2.37. The number of rotatable bonds is 3. The summed E-state index contributed by atoms with van der Waals surface area (Å²) in [4.78, 5) is -0.575.